The number of methoxy groups -OCH3 is 1. The number of hydrogen-bond acceptors (Lipinski definition) is 7. The van der Waals surface area contributed by atoms with E-state index in [1.807, 2.05) is 66.7 Å². The first-order chi connectivity index (χ1) is 17.6. The van der Waals surface area contributed by atoms with Gasteiger partial charge in [0.05, 0.1) is 13.5 Å². The van der Waals surface area contributed by atoms with E-state index in [2.05, 4.69) is 15.2 Å². The van der Waals surface area contributed by atoms with Gasteiger partial charge in [-0.15, -0.1) is 0 Å². The highest BCUT2D eigenvalue weighted by molar-refractivity contribution is 5.99. The molecule has 4 rings (SSSR count). The second-order valence-corrected chi connectivity index (χ2v) is 8.54. The van der Waals surface area contributed by atoms with E-state index in [0.717, 1.165) is 37.2 Å². The summed E-state index contributed by atoms with van der Waals surface area (Å²) in [6.07, 6.45) is 7.50. The molecule has 1 aliphatic heterocycles. The molecule has 0 aliphatic carbocycles. The second kappa shape index (κ2) is 12.5. The molecule has 1 fully saturated rings. The Morgan fingerprint density at radius 1 is 1.03 bits per heavy atom. The van der Waals surface area contributed by atoms with Crippen LogP contribution in [-0.2, 0) is 16.1 Å². The number of para-hydroxylation sites is 1. The summed E-state index contributed by atoms with van der Waals surface area (Å²) in [6, 6.07) is 19.5. The van der Waals surface area contributed by atoms with Crippen LogP contribution in [0.5, 0.6) is 0 Å². The van der Waals surface area contributed by atoms with Crippen molar-refractivity contribution in [2.24, 2.45) is 0 Å². The van der Waals surface area contributed by atoms with E-state index in [0.29, 0.717) is 30.4 Å². The second-order valence-electron chi connectivity index (χ2n) is 8.54. The number of hydrogen-bond donors (Lipinski definition) is 1. The molecule has 0 radical (unpaired) electrons. The monoisotopic (exact) mass is 485 g/mol. The number of nitrogens with one attached hydrogen (secondary N) is 1. The molecule has 1 saturated heterocycles. The Balaban J connectivity index is 1.63. The number of rotatable bonds is 10. The Hall–Kier alpha value is -4.20. The average Bonchev–Trinajstić information content (AvgIpc) is 3.46. The van der Waals surface area contributed by atoms with Gasteiger partial charge in [-0.25, -0.2) is 4.98 Å². The lowest BCUT2D eigenvalue weighted by Crippen LogP contribution is -2.32. The predicted molar refractivity (Wildman–Crippen MR) is 140 cm³/mol. The molecule has 36 heavy (non-hydrogen) atoms. The molecule has 0 spiro atoms. The number of benzene rings is 2. The summed E-state index contributed by atoms with van der Waals surface area (Å²) in [4.78, 5) is 38.5. The zero-order chi connectivity index (χ0) is 25.2. The van der Waals surface area contributed by atoms with Crippen molar-refractivity contribution < 1.29 is 14.3 Å². The van der Waals surface area contributed by atoms with E-state index >= 15 is 0 Å². The van der Waals surface area contributed by atoms with Gasteiger partial charge in [0.15, 0.2) is 0 Å². The van der Waals surface area contributed by atoms with E-state index < -0.39 is 0 Å². The van der Waals surface area contributed by atoms with Crippen molar-refractivity contribution >= 4 is 29.3 Å². The zero-order valence-corrected chi connectivity index (χ0v) is 20.5. The van der Waals surface area contributed by atoms with Crippen molar-refractivity contribution in [1.82, 2.24) is 14.9 Å². The van der Waals surface area contributed by atoms with Gasteiger partial charge in [-0.1, -0.05) is 60.7 Å². The minimum atomic E-state index is -0.326. The van der Waals surface area contributed by atoms with Crippen molar-refractivity contribution in [3.8, 4) is 0 Å². The minimum Gasteiger partial charge on any atom is -0.469 e. The molecular formula is C28H31N5O3. The first-order valence-electron chi connectivity index (χ1n) is 12.1. The lowest BCUT2D eigenvalue weighted by molar-refractivity contribution is -0.139. The van der Waals surface area contributed by atoms with Crippen molar-refractivity contribution in [3.05, 3.63) is 90.1 Å². The Labute approximate surface area is 211 Å². The predicted octanol–water partition coefficient (Wildman–Crippen LogP) is 4.58. The number of ether oxygens (including phenoxy) is 1. The van der Waals surface area contributed by atoms with Gasteiger partial charge in [0.1, 0.15) is 11.4 Å². The highest BCUT2D eigenvalue weighted by Crippen LogP contribution is 2.25. The van der Waals surface area contributed by atoms with Gasteiger partial charge in [0.25, 0.3) is 5.91 Å². The molecular weight excluding hydrogens is 454 g/mol. The third-order valence-corrected chi connectivity index (χ3v) is 5.94. The van der Waals surface area contributed by atoms with Crippen molar-refractivity contribution in [3.63, 3.8) is 0 Å². The maximum Gasteiger partial charge on any atom is 0.309 e. The smallest absolute Gasteiger partial charge is 0.309 e. The molecule has 0 saturated carbocycles. The summed E-state index contributed by atoms with van der Waals surface area (Å²) in [5, 5.41) is 3.32. The van der Waals surface area contributed by atoms with E-state index in [4.69, 9.17) is 9.72 Å². The highest BCUT2D eigenvalue weighted by atomic mass is 16.5. The standard InChI is InChI=1S/C28H31N5O3/c1-36-25(34)16-8-9-19-33(21-22-12-4-2-5-13-22)27(35)24-20-29-28(32-17-10-11-18-32)31-26(24)30-23-14-6-3-7-15-23/h2-9,12-15,20H,10-11,16-19,21H2,1H3,(H,29,30,31)/b9-8+. The Kier molecular flexibility index (Phi) is 8.64. The molecule has 0 unspecified atom stereocenters. The molecule has 8 nitrogen and oxygen atoms in total. The Bertz CT molecular complexity index is 1180. The minimum absolute atomic E-state index is 0.151. The van der Waals surface area contributed by atoms with Gasteiger partial charge in [-0.05, 0) is 30.5 Å². The van der Waals surface area contributed by atoms with Gasteiger partial charge in [0.2, 0.25) is 5.95 Å². The molecule has 0 bridgehead atoms. The Morgan fingerprint density at radius 2 is 1.72 bits per heavy atom. The molecule has 1 aromatic heterocycles. The first-order valence-corrected chi connectivity index (χ1v) is 12.1. The first kappa shape index (κ1) is 24.9. The number of amides is 1. The van der Waals surface area contributed by atoms with Crippen LogP contribution in [0.25, 0.3) is 0 Å². The van der Waals surface area contributed by atoms with Gasteiger partial charge in [0, 0.05) is 38.1 Å². The van der Waals surface area contributed by atoms with Gasteiger partial charge >= 0.3 is 5.97 Å². The number of carbonyl (C=O) groups is 2. The van der Waals surface area contributed by atoms with Crippen LogP contribution in [0.15, 0.2) is 79.0 Å². The van der Waals surface area contributed by atoms with Crippen LogP contribution in [0.2, 0.25) is 0 Å². The van der Waals surface area contributed by atoms with Crippen LogP contribution in [0.3, 0.4) is 0 Å². The van der Waals surface area contributed by atoms with Crippen LogP contribution in [0.1, 0.15) is 35.2 Å². The van der Waals surface area contributed by atoms with Crippen LogP contribution in [0, 0.1) is 0 Å². The molecule has 2 heterocycles. The van der Waals surface area contributed by atoms with Crippen LogP contribution in [0.4, 0.5) is 17.5 Å². The van der Waals surface area contributed by atoms with Gasteiger partial charge in [-0.3, -0.25) is 9.59 Å². The molecule has 1 N–H and O–H groups in total. The summed E-state index contributed by atoms with van der Waals surface area (Å²) in [5.41, 5.74) is 2.23. The molecule has 2 aromatic carbocycles. The molecule has 3 aromatic rings. The summed E-state index contributed by atoms with van der Waals surface area (Å²) in [7, 11) is 1.36. The fourth-order valence-electron chi connectivity index (χ4n) is 4.01. The Morgan fingerprint density at radius 3 is 2.42 bits per heavy atom. The molecule has 186 valence electrons. The fraction of sp³-hybridized carbons (Fsp3) is 0.286. The highest BCUT2D eigenvalue weighted by Gasteiger charge is 2.23. The summed E-state index contributed by atoms with van der Waals surface area (Å²) >= 11 is 0. The summed E-state index contributed by atoms with van der Waals surface area (Å²) < 4.78 is 4.70. The van der Waals surface area contributed by atoms with E-state index in [1.54, 1.807) is 17.2 Å². The van der Waals surface area contributed by atoms with Crippen LogP contribution >= 0.6 is 0 Å². The topological polar surface area (TPSA) is 87.7 Å². The van der Waals surface area contributed by atoms with Gasteiger partial charge in [-0.2, -0.15) is 4.98 Å². The number of esters is 1. The molecule has 1 aliphatic rings. The third-order valence-electron chi connectivity index (χ3n) is 5.94. The van der Waals surface area contributed by atoms with Crippen molar-refractivity contribution in [2.45, 2.75) is 25.8 Å². The number of nitrogens with zero attached hydrogens (tertiary/aromatic N) is 4. The number of anilines is 3. The quantitative estimate of drug-likeness (QED) is 0.332. The van der Waals surface area contributed by atoms with Crippen molar-refractivity contribution in [2.75, 3.05) is 37.0 Å². The van der Waals surface area contributed by atoms with E-state index in [9.17, 15) is 9.59 Å². The average molecular weight is 486 g/mol. The van der Waals surface area contributed by atoms with E-state index in [1.165, 1.54) is 7.11 Å². The van der Waals surface area contributed by atoms with Crippen molar-refractivity contribution in [1.29, 1.82) is 0 Å². The normalized spacial score (nSPS) is 13.1. The van der Waals surface area contributed by atoms with Gasteiger partial charge < -0.3 is 19.9 Å². The van der Waals surface area contributed by atoms with Crippen LogP contribution < -0.4 is 10.2 Å². The summed E-state index contributed by atoms with van der Waals surface area (Å²) in [6.45, 7) is 2.54. The maximum atomic E-state index is 13.8. The molecule has 8 heteroatoms. The maximum absolute atomic E-state index is 13.8. The third kappa shape index (κ3) is 6.69. The summed E-state index contributed by atoms with van der Waals surface area (Å²) in [5.74, 6) is 0.565. The van der Waals surface area contributed by atoms with Crippen LogP contribution in [-0.4, -0.2) is 53.5 Å². The number of carbonyl (C=O) groups excluding carboxylic acids is 2. The van der Waals surface area contributed by atoms with E-state index in [-0.39, 0.29) is 18.3 Å². The number of aromatic nitrogens is 2. The lowest BCUT2D eigenvalue weighted by Gasteiger charge is -2.24. The fourth-order valence-corrected chi connectivity index (χ4v) is 4.01. The largest absolute Gasteiger partial charge is 0.469 e. The molecule has 1 amide bonds. The zero-order valence-electron chi connectivity index (χ0n) is 20.5. The SMILES string of the molecule is COC(=O)C/C=C/CN(Cc1ccccc1)C(=O)c1cnc(N2CCCC2)nc1Nc1ccccc1. The molecule has 0 atom stereocenters. The lowest BCUT2D eigenvalue weighted by atomic mass is 10.1.